The summed E-state index contributed by atoms with van der Waals surface area (Å²) in [5.41, 5.74) is 3.95. The molecule has 2 unspecified atom stereocenters. The van der Waals surface area contributed by atoms with Gasteiger partial charge in [0.2, 0.25) is 0 Å². The number of benzene rings is 1. The molecule has 1 aromatic carbocycles. The molecule has 0 aromatic heterocycles. The number of rotatable bonds is 0. The molecule has 0 amide bonds. The third kappa shape index (κ3) is 2.34. The summed E-state index contributed by atoms with van der Waals surface area (Å²) in [4.78, 5) is 0. The van der Waals surface area contributed by atoms with E-state index in [2.05, 4.69) is 51.8 Å². The van der Waals surface area contributed by atoms with Crippen LogP contribution in [-0.4, -0.2) is 0 Å². The molecule has 0 heterocycles. The Morgan fingerprint density at radius 3 is 2.75 bits per heavy atom. The fourth-order valence-corrected chi connectivity index (χ4v) is 4.44. The minimum atomic E-state index is 0.137. The number of aryl methyl sites for hydroxylation is 1. The summed E-state index contributed by atoms with van der Waals surface area (Å²) in [5.74, 6) is 0.703. The number of hydrogen-bond acceptors (Lipinski definition) is 0. The van der Waals surface area contributed by atoms with Gasteiger partial charge in [-0.3, -0.25) is 0 Å². The Morgan fingerprint density at radius 2 is 2.06 bits per heavy atom. The Kier molecular flexibility index (Phi) is 4.03. The average molecular weight is 367 g/mol. The maximum atomic E-state index is 6.54. The van der Waals surface area contributed by atoms with Crippen molar-refractivity contribution in [3.05, 3.63) is 31.7 Å². The first-order valence-electron chi connectivity index (χ1n) is 5.62. The van der Waals surface area contributed by atoms with Gasteiger partial charge in [-0.2, -0.15) is 0 Å². The number of alkyl halides is 1. The van der Waals surface area contributed by atoms with Gasteiger partial charge in [0.15, 0.2) is 0 Å². The molecule has 3 heteroatoms. The fraction of sp³-hybridized carbons (Fsp3) is 0.538. The zero-order valence-electron chi connectivity index (χ0n) is 9.49. The largest absolute Gasteiger partial charge is 0.118 e. The van der Waals surface area contributed by atoms with Crippen molar-refractivity contribution in [1.29, 1.82) is 0 Å². The molecular weight excluding hydrogens is 351 g/mol. The molecule has 1 aromatic rings. The van der Waals surface area contributed by atoms with Crippen molar-refractivity contribution in [2.45, 2.75) is 38.5 Å². The van der Waals surface area contributed by atoms with Crippen molar-refractivity contribution in [3.8, 4) is 0 Å². The van der Waals surface area contributed by atoms with Crippen LogP contribution in [0.1, 0.15) is 41.8 Å². The smallest absolute Gasteiger partial charge is 0.0602 e. The van der Waals surface area contributed by atoms with Crippen molar-refractivity contribution in [1.82, 2.24) is 0 Å². The van der Waals surface area contributed by atoms with Gasteiger partial charge in [0, 0.05) is 8.95 Å². The molecule has 88 valence electrons. The van der Waals surface area contributed by atoms with E-state index < -0.39 is 0 Å². The van der Waals surface area contributed by atoms with E-state index in [1.165, 1.54) is 32.1 Å². The molecule has 0 fully saturated rings. The van der Waals surface area contributed by atoms with Gasteiger partial charge in [0.1, 0.15) is 0 Å². The van der Waals surface area contributed by atoms with Crippen LogP contribution in [0.25, 0.3) is 0 Å². The highest BCUT2D eigenvalue weighted by molar-refractivity contribution is 9.11. The molecule has 0 saturated carbocycles. The topological polar surface area (TPSA) is 0 Å². The van der Waals surface area contributed by atoms with Crippen LogP contribution in [0, 0.1) is 12.8 Å². The lowest BCUT2D eigenvalue weighted by atomic mass is 10.00. The van der Waals surface area contributed by atoms with E-state index in [1.54, 1.807) is 0 Å². The van der Waals surface area contributed by atoms with Crippen LogP contribution >= 0.6 is 43.5 Å². The minimum Gasteiger partial charge on any atom is -0.118 e. The Balaban J connectivity index is 2.59. The standard InChI is InChI=1S/C13H15Br2Cl/c1-7-3-4-9-10(14)6-8(2)13(15)12(9)11(16)5-7/h6-7,11H,3-5H2,1-2H3. The van der Waals surface area contributed by atoms with Crippen LogP contribution in [0.3, 0.4) is 0 Å². The Hall–Kier alpha value is 0.470. The number of hydrogen-bond donors (Lipinski definition) is 0. The van der Waals surface area contributed by atoms with Crippen molar-refractivity contribution in [3.63, 3.8) is 0 Å². The summed E-state index contributed by atoms with van der Waals surface area (Å²) < 4.78 is 2.41. The summed E-state index contributed by atoms with van der Waals surface area (Å²) in [7, 11) is 0. The highest BCUT2D eigenvalue weighted by atomic mass is 79.9. The SMILES string of the molecule is Cc1cc(Br)c2c(c1Br)C(Cl)CC(C)CC2. The molecule has 1 aliphatic carbocycles. The monoisotopic (exact) mass is 364 g/mol. The van der Waals surface area contributed by atoms with E-state index in [4.69, 9.17) is 11.6 Å². The minimum absolute atomic E-state index is 0.137. The van der Waals surface area contributed by atoms with E-state index in [-0.39, 0.29) is 5.38 Å². The second kappa shape index (κ2) is 4.99. The first-order valence-corrected chi connectivity index (χ1v) is 7.64. The van der Waals surface area contributed by atoms with Gasteiger partial charge < -0.3 is 0 Å². The summed E-state index contributed by atoms with van der Waals surface area (Å²) in [6.07, 6.45) is 3.42. The summed E-state index contributed by atoms with van der Waals surface area (Å²) in [6.45, 7) is 4.41. The lowest BCUT2D eigenvalue weighted by Crippen LogP contribution is -1.99. The molecule has 0 spiro atoms. The van der Waals surface area contributed by atoms with Crippen LogP contribution in [-0.2, 0) is 6.42 Å². The van der Waals surface area contributed by atoms with Crippen LogP contribution in [0.5, 0.6) is 0 Å². The predicted molar refractivity (Wildman–Crippen MR) is 77.3 cm³/mol. The van der Waals surface area contributed by atoms with Crippen molar-refractivity contribution < 1.29 is 0 Å². The molecule has 0 aliphatic heterocycles. The maximum absolute atomic E-state index is 6.54. The maximum Gasteiger partial charge on any atom is 0.0602 e. The Labute approximate surface area is 119 Å². The van der Waals surface area contributed by atoms with E-state index in [0.29, 0.717) is 5.92 Å². The molecule has 0 nitrogen and oxygen atoms in total. The van der Waals surface area contributed by atoms with Crippen LogP contribution in [0.15, 0.2) is 15.0 Å². The van der Waals surface area contributed by atoms with Gasteiger partial charge in [0.25, 0.3) is 0 Å². The summed E-state index contributed by atoms with van der Waals surface area (Å²) >= 11 is 13.9. The quantitative estimate of drug-likeness (QED) is 0.404. The van der Waals surface area contributed by atoms with Gasteiger partial charge >= 0.3 is 0 Å². The molecule has 0 N–H and O–H groups in total. The first kappa shape index (κ1) is 12.9. The van der Waals surface area contributed by atoms with Gasteiger partial charge in [-0.25, -0.2) is 0 Å². The highest BCUT2D eigenvalue weighted by Crippen LogP contribution is 2.43. The van der Waals surface area contributed by atoms with Gasteiger partial charge in [-0.1, -0.05) is 38.8 Å². The molecule has 0 saturated heterocycles. The second-order valence-corrected chi connectivity index (χ2v) is 6.90. The normalized spacial score (nSPS) is 25.1. The van der Waals surface area contributed by atoms with E-state index in [0.717, 1.165) is 12.8 Å². The third-order valence-electron chi connectivity index (χ3n) is 3.35. The Morgan fingerprint density at radius 1 is 1.38 bits per heavy atom. The molecule has 2 rings (SSSR count). The van der Waals surface area contributed by atoms with E-state index in [9.17, 15) is 0 Å². The summed E-state index contributed by atoms with van der Waals surface area (Å²) in [5, 5.41) is 0.137. The van der Waals surface area contributed by atoms with Gasteiger partial charge in [-0.15, -0.1) is 11.6 Å². The molecule has 16 heavy (non-hydrogen) atoms. The lowest BCUT2D eigenvalue weighted by Gasteiger charge is -2.17. The van der Waals surface area contributed by atoms with Crippen molar-refractivity contribution in [2.24, 2.45) is 5.92 Å². The third-order valence-corrected chi connectivity index (χ3v) is 5.51. The van der Waals surface area contributed by atoms with E-state index in [1.807, 2.05) is 0 Å². The lowest BCUT2D eigenvalue weighted by molar-refractivity contribution is 0.503. The zero-order valence-corrected chi connectivity index (χ0v) is 13.4. The zero-order chi connectivity index (χ0) is 11.9. The average Bonchev–Trinajstić information content (AvgIpc) is 2.34. The fourth-order valence-electron chi connectivity index (χ4n) is 2.37. The summed E-state index contributed by atoms with van der Waals surface area (Å²) in [6, 6.07) is 2.18. The van der Waals surface area contributed by atoms with Gasteiger partial charge in [-0.05, 0) is 54.9 Å². The molecule has 0 bridgehead atoms. The molecule has 1 aliphatic rings. The van der Waals surface area contributed by atoms with Crippen molar-refractivity contribution >= 4 is 43.5 Å². The molecular formula is C13H15Br2Cl. The number of fused-ring (bicyclic) bond motifs is 1. The first-order chi connectivity index (χ1) is 7.50. The van der Waals surface area contributed by atoms with Crippen LogP contribution in [0.4, 0.5) is 0 Å². The van der Waals surface area contributed by atoms with Crippen LogP contribution in [0.2, 0.25) is 0 Å². The van der Waals surface area contributed by atoms with Crippen molar-refractivity contribution in [2.75, 3.05) is 0 Å². The molecule has 0 radical (unpaired) electrons. The number of halogens is 3. The van der Waals surface area contributed by atoms with E-state index >= 15 is 0 Å². The predicted octanol–water partition coefficient (Wildman–Crippen LogP) is 5.77. The second-order valence-electron chi connectivity index (χ2n) is 4.73. The highest BCUT2D eigenvalue weighted by Gasteiger charge is 2.25. The molecule has 2 atom stereocenters. The Bertz CT molecular complexity index is 415. The van der Waals surface area contributed by atoms with Gasteiger partial charge in [0.05, 0.1) is 5.38 Å². The van der Waals surface area contributed by atoms with Crippen LogP contribution < -0.4 is 0 Å².